The Morgan fingerprint density at radius 3 is 3.00 bits per heavy atom. The number of carbonyl (C=O) groups is 1. The quantitative estimate of drug-likeness (QED) is 0.891. The van der Waals surface area contributed by atoms with Gasteiger partial charge in [0, 0.05) is 10.9 Å². The van der Waals surface area contributed by atoms with Crippen LogP contribution in [0.25, 0.3) is 0 Å². The van der Waals surface area contributed by atoms with E-state index < -0.39 is 0 Å². The van der Waals surface area contributed by atoms with Gasteiger partial charge in [-0.05, 0) is 44.7 Å². The Hall–Kier alpha value is -0.870. The fourth-order valence-electron chi connectivity index (χ4n) is 2.18. The van der Waals surface area contributed by atoms with Crippen LogP contribution in [0.3, 0.4) is 0 Å². The summed E-state index contributed by atoms with van der Waals surface area (Å²) in [5.41, 5.74) is 0. The van der Waals surface area contributed by atoms with Gasteiger partial charge >= 0.3 is 0 Å². The van der Waals surface area contributed by atoms with Gasteiger partial charge in [-0.2, -0.15) is 0 Å². The van der Waals surface area contributed by atoms with E-state index in [-0.39, 0.29) is 18.0 Å². The third-order valence-electron chi connectivity index (χ3n) is 3.17. The fraction of sp³-hybridized carbons (Fsp3) is 0.615. The molecule has 1 amide bonds. The normalized spacial score (nSPS) is 19.8. The van der Waals surface area contributed by atoms with Crippen LogP contribution in [0.15, 0.2) is 17.5 Å². The highest BCUT2D eigenvalue weighted by molar-refractivity contribution is 7.09. The van der Waals surface area contributed by atoms with Gasteiger partial charge in [-0.15, -0.1) is 11.3 Å². The minimum absolute atomic E-state index is 0.0392. The van der Waals surface area contributed by atoms with E-state index in [1.165, 1.54) is 4.88 Å². The Morgan fingerprint density at radius 1 is 1.65 bits per heavy atom. The van der Waals surface area contributed by atoms with Crippen LogP contribution in [0.4, 0.5) is 0 Å². The highest BCUT2D eigenvalue weighted by atomic mass is 32.1. The molecule has 1 aromatic heterocycles. The molecule has 94 valence electrons. The molecule has 1 fully saturated rings. The third-order valence-corrected chi connectivity index (χ3v) is 4.03. The lowest BCUT2D eigenvalue weighted by Gasteiger charge is -2.29. The van der Waals surface area contributed by atoms with Crippen molar-refractivity contribution in [3.05, 3.63) is 22.4 Å². The topological polar surface area (TPSA) is 32.3 Å². The Balaban J connectivity index is 2.03. The summed E-state index contributed by atoms with van der Waals surface area (Å²) < 4.78 is 0. The van der Waals surface area contributed by atoms with Crippen LogP contribution in [0.5, 0.6) is 0 Å². The minimum Gasteiger partial charge on any atom is -0.334 e. The van der Waals surface area contributed by atoms with Crippen LogP contribution in [0, 0.1) is 0 Å². The van der Waals surface area contributed by atoms with Crippen molar-refractivity contribution in [1.82, 2.24) is 10.2 Å². The highest BCUT2D eigenvalue weighted by Crippen LogP contribution is 2.17. The van der Waals surface area contributed by atoms with Gasteiger partial charge in [-0.1, -0.05) is 6.07 Å². The lowest BCUT2D eigenvalue weighted by atomic mass is 10.1. The van der Waals surface area contributed by atoms with Crippen molar-refractivity contribution in [2.75, 3.05) is 6.54 Å². The van der Waals surface area contributed by atoms with E-state index in [1.807, 2.05) is 11.0 Å². The second-order valence-corrected chi connectivity index (χ2v) is 5.82. The van der Waals surface area contributed by atoms with Crippen LogP contribution < -0.4 is 5.32 Å². The molecular weight excluding hydrogens is 232 g/mol. The smallest absolute Gasteiger partial charge is 0.240 e. The molecule has 4 heteroatoms. The predicted molar refractivity (Wildman–Crippen MR) is 71.0 cm³/mol. The molecular formula is C13H20N2OS. The van der Waals surface area contributed by atoms with Crippen molar-refractivity contribution < 1.29 is 4.79 Å². The molecule has 0 radical (unpaired) electrons. The molecule has 1 atom stereocenters. The molecule has 1 aromatic rings. The molecule has 1 aliphatic heterocycles. The van der Waals surface area contributed by atoms with Crippen LogP contribution in [0.1, 0.15) is 31.6 Å². The zero-order chi connectivity index (χ0) is 12.3. The number of rotatable bonds is 4. The maximum Gasteiger partial charge on any atom is 0.240 e. The minimum atomic E-state index is 0.0392. The van der Waals surface area contributed by atoms with Gasteiger partial charge in [0.25, 0.3) is 0 Å². The largest absolute Gasteiger partial charge is 0.334 e. The monoisotopic (exact) mass is 252 g/mol. The maximum absolute atomic E-state index is 12.4. The average Bonchev–Trinajstić information content (AvgIpc) is 2.97. The van der Waals surface area contributed by atoms with Crippen molar-refractivity contribution in [1.29, 1.82) is 0 Å². The first-order chi connectivity index (χ1) is 8.18. The second-order valence-electron chi connectivity index (χ2n) is 4.79. The van der Waals surface area contributed by atoms with Gasteiger partial charge in [0.2, 0.25) is 5.91 Å². The van der Waals surface area contributed by atoms with E-state index in [1.54, 1.807) is 11.3 Å². The van der Waals surface area contributed by atoms with Gasteiger partial charge in [0.15, 0.2) is 0 Å². The zero-order valence-electron chi connectivity index (χ0n) is 10.5. The molecule has 1 N–H and O–H groups in total. The van der Waals surface area contributed by atoms with Crippen LogP contribution >= 0.6 is 11.3 Å². The lowest BCUT2D eigenvalue weighted by Crippen LogP contribution is -2.46. The van der Waals surface area contributed by atoms with E-state index in [0.717, 1.165) is 25.9 Å². The van der Waals surface area contributed by atoms with Crippen molar-refractivity contribution in [2.24, 2.45) is 0 Å². The maximum atomic E-state index is 12.4. The van der Waals surface area contributed by atoms with Crippen molar-refractivity contribution in [3.63, 3.8) is 0 Å². The Kier molecular flexibility index (Phi) is 4.18. The standard InChI is InChI=1S/C13H20N2OS/c1-10(2)15(9-11-5-4-8-17-11)13(16)12-6-3-7-14-12/h4-5,8,10,12,14H,3,6-7,9H2,1-2H3/t12-/m1/s1. The second kappa shape index (κ2) is 5.65. The van der Waals surface area contributed by atoms with Gasteiger partial charge in [-0.25, -0.2) is 0 Å². The summed E-state index contributed by atoms with van der Waals surface area (Å²) >= 11 is 1.71. The van der Waals surface area contributed by atoms with Gasteiger partial charge < -0.3 is 10.2 Å². The summed E-state index contributed by atoms with van der Waals surface area (Å²) in [6.45, 7) is 5.88. The van der Waals surface area contributed by atoms with Crippen molar-refractivity contribution in [2.45, 2.75) is 45.3 Å². The van der Waals surface area contributed by atoms with Crippen LogP contribution in [0.2, 0.25) is 0 Å². The number of nitrogens with zero attached hydrogens (tertiary/aromatic N) is 1. The molecule has 17 heavy (non-hydrogen) atoms. The molecule has 0 spiro atoms. The molecule has 0 unspecified atom stereocenters. The zero-order valence-corrected chi connectivity index (χ0v) is 11.3. The van der Waals surface area contributed by atoms with E-state index in [4.69, 9.17) is 0 Å². The van der Waals surface area contributed by atoms with Gasteiger partial charge in [0.05, 0.1) is 12.6 Å². The number of amides is 1. The highest BCUT2D eigenvalue weighted by Gasteiger charge is 2.28. The molecule has 0 aliphatic carbocycles. The van der Waals surface area contributed by atoms with E-state index >= 15 is 0 Å². The van der Waals surface area contributed by atoms with Gasteiger partial charge in [0.1, 0.15) is 0 Å². The molecule has 1 aliphatic rings. The molecule has 2 heterocycles. The first-order valence-corrected chi connectivity index (χ1v) is 7.12. The Morgan fingerprint density at radius 2 is 2.47 bits per heavy atom. The summed E-state index contributed by atoms with van der Waals surface area (Å²) in [4.78, 5) is 15.6. The molecule has 0 aromatic carbocycles. The summed E-state index contributed by atoms with van der Waals surface area (Å²) in [6.07, 6.45) is 2.09. The number of thiophene rings is 1. The summed E-state index contributed by atoms with van der Waals surface area (Å²) in [5, 5.41) is 5.35. The number of hydrogen-bond acceptors (Lipinski definition) is 3. The van der Waals surface area contributed by atoms with Crippen LogP contribution in [-0.4, -0.2) is 29.4 Å². The lowest BCUT2D eigenvalue weighted by molar-refractivity contribution is -0.135. The van der Waals surface area contributed by atoms with Gasteiger partial charge in [-0.3, -0.25) is 4.79 Å². The first-order valence-electron chi connectivity index (χ1n) is 6.24. The summed E-state index contributed by atoms with van der Waals surface area (Å²) in [7, 11) is 0. The Labute approximate surface area is 107 Å². The molecule has 0 saturated carbocycles. The summed E-state index contributed by atoms with van der Waals surface area (Å²) in [6, 6.07) is 4.43. The fourth-order valence-corrected chi connectivity index (χ4v) is 2.88. The number of carbonyl (C=O) groups excluding carboxylic acids is 1. The third kappa shape index (κ3) is 3.07. The molecule has 3 nitrogen and oxygen atoms in total. The van der Waals surface area contributed by atoms with Crippen molar-refractivity contribution in [3.8, 4) is 0 Å². The summed E-state index contributed by atoms with van der Waals surface area (Å²) in [5.74, 6) is 0.255. The predicted octanol–water partition coefficient (Wildman–Crippen LogP) is 2.24. The van der Waals surface area contributed by atoms with E-state index in [0.29, 0.717) is 0 Å². The van der Waals surface area contributed by atoms with Crippen LogP contribution in [-0.2, 0) is 11.3 Å². The van der Waals surface area contributed by atoms with E-state index in [2.05, 4.69) is 30.6 Å². The Bertz CT molecular complexity index is 356. The van der Waals surface area contributed by atoms with Crippen molar-refractivity contribution >= 4 is 17.2 Å². The molecule has 1 saturated heterocycles. The van der Waals surface area contributed by atoms with E-state index in [9.17, 15) is 4.79 Å². The number of hydrogen-bond donors (Lipinski definition) is 1. The average molecular weight is 252 g/mol. The number of nitrogens with one attached hydrogen (secondary N) is 1. The SMILES string of the molecule is CC(C)N(Cc1cccs1)C(=O)[C@H]1CCCN1. The first kappa shape index (κ1) is 12.6. The molecule has 2 rings (SSSR count). The molecule has 0 bridgehead atoms.